The lowest BCUT2D eigenvalue weighted by Gasteiger charge is -2.11. The third-order valence-electron chi connectivity index (χ3n) is 3.46. The molecule has 1 amide bonds. The van der Waals surface area contributed by atoms with Crippen LogP contribution in [0.3, 0.4) is 0 Å². The molecular formula is C14H18F2N2O2. The number of benzene rings is 1. The van der Waals surface area contributed by atoms with E-state index in [1.54, 1.807) is 0 Å². The van der Waals surface area contributed by atoms with Crippen molar-refractivity contribution in [3.63, 3.8) is 0 Å². The first-order valence-corrected chi connectivity index (χ1v) is 6.69. The van der Waals surface area contributed by atoms with E-state index in [1.165, 1.54) is 6.07 Å². The number of aliphatic hydroxyl groups excluding tert-OH is 1. The average molecular weight is 284 g/mol. The van der Waals surface area contributed by atoms with Gasteiger partial charge in [-0.15, -0.1) is 0 Å². The van der Waals surface area contributed by atoms with Crippen molar-refractivity contribution in [3.8, 4) is 0 Å². The number of carbonyl (C=O) groups excluding carboxylic acids is 1. The topological polar surface area (TPSA) is 61.4 Å². The van der Waals surface area contributed by atoms with Gasteiger partial charge >= 0.3 is 0 Å². The van der Waals surface area contributed by atoms with Crippen molar-refractivity contribution in [2.45, 2.75) is 25.4 Å². The summed E-state index contributed by atoms with van der Waals surface area (Å²) in [5, 5.41) is 14.5. The van der Waals surface area contributed by atoms with Gasteiger partial charge in [-0.2, -0.15) is 0 Å². The zero-order valence-corrected chi connectivity index (χ0v) is 11.0. The number of anilines is 1. The average Bonchev–Trinajstić information content (AvgIpc) is 2.80. The first-order chi connectivity index (χ1) is 9.56. The van der Waals surface area contributed by atoms with Crippen molar-refractivity contribution in [3.05, 3.63) is 29.8 Å². The Morgan fingerprint density at radius 2 is 2.00 bits per heavy atom. The molecule has 1 aromatic carbocycles. The van der Waals surface area contributed by atoms with Gasteiger partial charge in [0.15, 0.2) is 0 Å². The summed E-state index contributed by atoms with van der Waals surface area (Å²) in [5.74, 6) is -1.73. The van der Waals surface area contributed by atoms with Crippen LogP contribution in [-0.2, 0) is 4.79 Å². The largest absolute Gasteiger partial charge is 0.393 e. The number of halogens is 2. The van der Waals surface area contributed by atoms with E-state index in [1.807, 2.05) is 0 Å². The molecule has 0 heterocycles. The van der Waals surface area contributed by atoms with Crippen LogP contribution in [0.4, 0.5) is 14.5 Å². The Morgan fingerprint density at radius 1 is 1.30 bits per heavy atom. The molecule has 20 heavy (non-hydrogen) atoms. The molecule has 2 atom stereocenters. The highest BCUT2D eigenvalue weighted by Crippen LogP contribution is 2.24. The minimum absolute atomic E-state index is 0.0135. The highest BCUT2D eigenvalue weighted by atomic mass is 19.1. The summed E-state index contributed by atoms with van der Waals surface area (Å²) >= 11 is 0. The normalized spacial score (nSPS) is 21.9. The van der Waals surface area contributed by atoms with E-state index in [4.69, 9.17) is 0 Å². The van der Waals surface area contributed by atoms with Crippen LogP contribution in [0, 0.1) is 17.6 Å². The van der Waals surface area contributed by atoms with Crippen molar-refractivity contribution >= 4 is 11.6 Å². The highest BCUT2D eigenvalue weighted by Gasteiger charge is 2.22. The molecule has 1 aliphatic rings. The predicted molar refractivity (Wildman–Crippen MR) is 71.2 cm³/mol. The third kappa shape index (κ3) is 3.98. The van der Waals surface area contributed by atoms with Gasteiger partial charge in [0, 0.05) is 0 Å². The van der Waals surface area contributed by atoms with Crippen LogP contribution in [0.1, 0.15) is 19.3 Å². The van der Waals surface area contributed by atoms with Crippen LogP contribution in [-0.4, -0.2) is 30.2 Å². The zero-order valence-electron chi connectivity index (χ0n) is 11.0. The molecule has 0 saturated heterocycles. The molecule has 0 radical (unpaired) electrons. The maximum absolute atomic E-state index is 13.3. The summed E-state index contributed by atoms with van der Waals surface area (Å²) in [4.78, 5) is 11.6. The molecule has 0 aromatic heterocycles. The second-order valence-corrected chi connectivity index (χ2v) is 5.11. The first-order valence-electron chi connectivity index (χ1n) is 6.69. The second kappa shape index (κ2) is 6.76. The number of carbonyl (C=O) groups is 1. The monoisotopic (exact) mass is 284 g/mol. The molecule has 0 bridgehead atoms. The fraction of sp³-hybridized carbons (Fsp3) is 0.500. The van der Waals surface area contributed by atoms with Gasteiger partial charge in [-0.3, -0.25) is 4.79 Å². The summed E-state index contributed by atoms with van der Waals surface area (Å²) in [6.45, 7) is 0.602. The van der Waals surface area contributed by atoms with E-state index >= 15 is 0 Å². The number of hydrogen-bond acceptors (Lipinski definition) is 3. The molecule has 2 rings (SSSR count). The SMILES string of the molecule is O=C(CNCC1CCC(O)C1)Nc1c(F)cccc1F. The number of hydrogen-bond donors (Lipinski definition) is 3. The lowest BCUT2D eigenvalue weighted by Crippen LogP contribution is -2.31. The Balaban J connectivity index is 1.75. The maximum Gasteiger partial charge on any atom is 0.238 e. The zero-order chi connectivity index (χ0) is 14.5. The smallest absolute Gasteiger partial charge is 0.238 e. The Bertz CT molecular complexity index is 462. The van der Waals surface area contributed by atoms with E-state index in [0.717, 1.165) is 31.4 Å². The quantitative estimate of drug-likeness (QED) is 0.770. The van der Waals surface area contributed by atoms with Crippen LogP contribution in [0.2, 0.25) is 0 Å². The third-order valence-corrected chi connectivity index (χ3v) is 3.46. The summed E-state index contributed by atoms with van der Waals surface area (Å²) in [6.07, 6.45) is 2.20. The van der Waals surface area contributed by atoms with Gasteiger partial charge < -0.3 is 15.7 Å². The maximum atomic E-state index is 13.3. The van der Waals surface area contributed by atoms with Crippen LogP contribution in [0.5, 0.6) is 0 Å². The Morgan fingerprint density at radius 3 is 2.60 bits per heavy atom. The molecule has 1 aliphatic carbocycles. The summed E-state index contributed by atoms with van der Waals surface area (Å²) < 4.78 is 26.6. The Kier molecular flexibility index (Phi) is 5.03. The number of aliphatic hydroxyl groups is 1. The van der Waals surface area contributed by atoms with Gasteiger partial charge in [-0.1, -0.05) is 6.07 Å². The molecule has 1 fully saturated rings. The van der Waals surface area contributed by atoms with Gasteiger partial charge in [0.1, 0.15) is 17.3 Å². The summed E-state index contributed by atoms with van der Waals surface area (Å²) in [7, 11) is 0. The molecule has 110 valence electrons. The lowest BCUT2D eigenvalue weighted by atomic mass is 10.1. The summed E-state index contributed by atoms with van der Waals surface area (Å²) in [5.41, 5.74) is -0.421. The molecule has 0 aliphatic heterocycles. The molecule has 2 unspecified atom stereocenters. The van der Waals surface area contributed by atoms with Gasteiger partial charge in [0.2, 0.25) is 5.91 Å². The van der Waals surface area contributed by atoms with E-state index in [0.29, 0.717) is 12.5 Å². The molecule has 6 heteroatoms. The van der Waals surface area contributed by atoms with Crippen LogP contribution in [0.25, 0.3) is 0 Å². The van der Waals surface area contributed by atoms with Crippen molar-refractivity contribution in [2.24, 2.45) is 5.92 Å². The molecule has 1 aromatic rings. The molecule has 3 N–H and O–H groups in total. The first kappa shape index (κ1) is 14.9. The number of para-hydroxylation sites is 1. The van der Waals surface area contributed by atoms with Gasteiger partial charge in [-0.05, 0) is 43.9 Å². The van der Waals surface area contributed by atoms with E-state index < -0.39 is 23.2 Å². The van der Waals surface area contributed by atoms with Crippen molar-refractivity contribution < 1.29 is 18.7 Å². The van der Waals surface area contributed by atoms with E-state index in [2.05, 4.69) is 10.6 Å². The lowest BCUT2D eigenvalue weighted by molar-refractivity contribution is -0.115. The fourth-order valence-corrected chi connectivity index (χ4v) is 2.42. The second-order valence-electron chi connectivity index (χ2n) is 5.11. The van der Waals surface area contributed by atoms with E-state index in [-0.39, 0.29) is 12.6 Å². The standard InChI is InChI=1S/C14H18F2N2O2/c15-11-2-1-3-12(16)14(11)18-13(20)8-17-7-9-4-5-10(19)6-9/h1-3,9-10,17,19H,4-8H2,(H,18,20). The van der Waals surface area contributed by atoms with Gasteiger partial charge in [-0.25, -0.2) is 8.78 Å². The van der Waals surface area contributed by atoms with E-state index in [9.17, 15) is 18.7 Å². The van der Waals surface area contributed by atoms with Crippen LogP contribution in [0.15, 0.2) is 18.2 Å². The number of rotatable bonds is 5. The Labute approximate surface area is 116 Å². The van der Waals surface area contributed by atoms with Crippen LogP contribution < -0.4 is 10.6 Å². The van der Waals surface area contributed by atoms with Crippen molar-refractivity contribution in [2.75, 3.05) is 18.4 Å². The number of amides is 1. The molecule has 4 nitrogen and oxygen atoms in total. The number of nitrogens with one attached hydrogen (secondary N) is 2. The molecule has 0 spiro atoms. The van der Waals surface area contributed by atoms with Crippen LogP contribution >= 0.6 is 0 Å². The van der Waals surface area contributed by atoms with Crippen molar-refractivity contribution in [1.29, 1.82) is 0 Å². The highest BCUT2D eigenvalue weighted by molar-refractivity contribution is 5.92. The Hall–Kier alpha value is -1.53. The fourth-order valence-electron chi connectivity index (χ4n) is 2.42. The molecule has 1 saturated carbocycles. The van der Waals surface area contributed by atoms with Gasteiger partial charge in [0.25, 0.3) is 0 Å². The van der Waals surface area contributed by atoms with Crippen molar-refractivity contribution in [1.82, 2.24) is 5.32 Å². The predicted octanol–water partition coefficient (Wildman–Crippen LogP) is 1.65. The summed E-state index contributed by atoms with van der Waals surface area (Å²) in [6, 6.07) is 3.42. The minimum atomic E-state index is -0.794. The minimum Gasteiger partial charge on any atom is -0.393 e. The van der Waals surface area contributed by atoms with Gasteiger partial charge in [0.05, 0.1) is 12.6 Å². The molecular weight excluding hydrogens is 266 g/mol.